The third-order valence-corrected chi connectivity index (χ3v) is 4.09. The van der Waals surface area contributed by atoms with Gasteiger partial charge in [0.25, 0.3) is 0 Å². The van der Waals surface area contributed by atoms with Gasteiger partial charge < -0.3 is 10.2 Å². The van der Waals surface area contributed by atoms with Crippen LogP contribution in [0.1, 0.15) is 44.9 Å². The Hall–Kier alpha value is -0.0800. The van der Waals surface area contributed by atoms with Gasteiger partial charge in [-0.25, -0.2) is 0 Å². The molecule has 1 aliphatic carbocycles. The molecular formula is C13H26N2. The molecule has 1 N–H and O–H groups in total. The van der Waals surface area contributed by atoms with E-state index in [2.05, 4.69) is 17.3 Å². The predicted octanol–water partition coefficient (Wildman–Crippen LogP) is 2.25. The number of hydrogen-bond donors (Lipinski definition) is 1. The fourth-order valence-corrected chi connectivity index (χ4v) is 2.73. The predicted molar refractivity (Wildman–Crippen MR) is 65.1 cm³/mol. The van der Waals surface area contributed by atoms with E-state index in [0.717, 1.165) is 12.0 Å². The molecule has 2 heteroatoms. The van der Waals surface area contributed by atoms with Crippen molar-refractivity contribution in [1.29, 1.82) is 0 Å². The van der Waals surface area contributed by atoms with E-state index < -0.39 is 0 Å². The van der Waals surface area contributed by atoms with E-state index in [0.29, 0.717) is 0 Å². The van der Waals surface area contributed by atoms with Crippen LogP contribution in [-0.4, -0.2) is 37.6 Å². The second-order valence-corrected chi connectivity index (χ2v) is 5.49. The summed E-state index contributed by atoms with van der Waals surface area (Å²) in [6.45, 7) is 3.80. The van der Waals surface area contributed by atoms with Gasteiger partial charge in [-0.3, -0.25) is 0 Å². The van der Waals surface area contributed by atoms with Gasteiger partial charge in [-0.15, -0.1) is 0 Å². The minimum Gasteiger partial charge on any atom is -0.313 e. The molecule has 0 radical (unpaired) electrons. The molecule has 1 atom stereocenters. The van der Waals surface area contributed by atoms with Crippen LogP contribution in [-0.2, 0) is 0 Å². The Kier molecular flexibility index (Phi) is 4.45. The van der Waals surface area contributed by atoms with Crippen molar-refractivity contribution in [3.8, 4) is 0 Å². The molecule has 0 amide bonds. The highest BCUT2D eigenvalue weighted by molar-refractivity contribution is 4.76. The van der Waals surface area contributed by atoms with Gasteiger partial charge in [0, 0.05) is 12.6 Å². The van der Waals surface area contributed by atoms with Crippen LogP contribution >= 0.6 is 0 Å². The second-order valence-electron chi connectivity index (χ2n) is 5.49. The third kappa shape index (κ3) is 3.76. The highest BCUT2D eigenvalue weighted by Crippen LogP contribution is 2.29. The highest BCUT2D eigenvalue weighted by atomic mass is 15.1. The zero-order valence-electron chi connectivity index (χ0n) is 10.2. The zero-order chi connectivity index (χ0) is 10.5. The lowest BCUT2D eigenvalue weighted by Gasteiger charge is -2.31. The van der Waals surface area contributed by atoms with Crippen LogP contribution < -0.4 is 5.32 Å². The summed E-state index contributed by atoms with van der Waals surface area (Å²) >= 11 is 0. The Morgan fingerprint density at radius 1 is 1.13 bits per heavy atom. The molecule has 0 aromatic rings. The van der Waals surface area contributed by atoms with Crippen molar-refractivity contribution in [1.82, 2.24) is 10.2 Å². The molecule has 1 unspecified atom stereocenters. The number of nitrogens with zero attached hydrogens (tertiary/aromatic N) is 1. The van der Waals surface area contributed by atoms with Gasteiger partial charge in [-0.1, -0.05) is 25.7 Å². The van der Waals surface area contributed by atoms with Crippen molar-refractivity contribution < 1.29 is 0 Å². The van der Waals surface area contributed by atoms with Crippen LogP contribution in [0.15, 0.2) is 0 Å². The van der Waals surface area contributed by atoms with E-state index in [1.165, 1.54) is 64.6 Å². The summed E-state index contributed by atoms with van der Waals surface area (Å²) in [5.41, 5.74) is 0. The molecule has 1 aliphatic heterocycles. The average molecular weight is 210 g/mol. The largest absolute Gasteiger partial charge is 0.313 e. The third-order valence-electron chi connectivity index (χ3n) is 4.09. The van der Waals surface area contributed by atoms with Gasteiger partial charge in [0.05, 0.1) is 0 Å². The van der Waals surface area contributed by atoms with Gasteiger partial charge in [-0.2, -0.15) is 0 Å². The standard InChI is InChI=1S/C13H26N2/c1-15(10-8-12-5-4-6-12)11-13-7-2-3-9-14-13/h12-14H,2-11H2,1H3. The summed E-state index contributed by atoms with van der Waals surface area (Å²) in [5.74, 6) is 1.06. The van der Waals surface area contributed by atoms with Crippen molar-refractivity contribution in [2.75, 3.05) is 26.7 Å². The van der Waals surface area contributed by atoms with E-state index >= 15 is 0 Å². The fraction of sp³-hybridized carbons (Fsp3) is 1.00. The first kappa shape index (κ1) is 11.4. The summed E-state index contributed by atoms with van der Waals surface area (Å²) < 4.78 is 0. The smallest absolute Gasteiger partial charge is 0.0194 e. The molecular weight excluding hydrogens is 184 g/mol. The number of piperidine rings is 1. The summed E-state index contributed by atoms with van der Waals surface area (Å²) in [7, 11) is 2.29. The van der Waals surface area contributed by atoms with Gasteiger partial charge in [0.1, 0.15) is 0 Å². The van der Waals surface area contributed by atoms with Gasteiger partial charge in [0.2, 0.25) is 0 Å². The van der Waals surface area contributed by atoms with Crippen LogP contribution in [0.4, 0.5) is 0 Å². The van der Waals surface area contributed by atoms with Crippen molar-refractivity contribution in [2.24, 2.45) is 5.92 Å². The van der Waals surface area contributed by atoms with E-state index in [1.54, 1.807) is 0 Å². The van der Waals surface area contributed by atoms with Crippen molar-refractivity contribution in [3.63, 3.8) is 0 Å². The summed E-state index contributed by atoms with van der Waals surface area (Å²) in [6, 6.07) is 0.769. The second kappa shape index (κ2) is 5.86. The van der Waals surface area contributed by atoms with Gasteiger partial charge in [-0.05, 0) is 45.3 Å². The molecule has 0 aromatic carbocycles. The molecule has 0 spiro atoms. The first-order valence-corrected chi connectivity index (χ1v) is 6.76. The van der Waals surface area contributed by atoms with Crippen molar-refractivity contribution in [2.45, 2.75) is 51.0 Å². The monoisotopic (exact) mass is 210 g/mol. The molecule has 0 aromatic heterocycles. The molecule has 1 saturated heterocycles. The number of nitrogens with one attached hydrogen (secondary N) is 1. The topological polar surface area (TPSA) is 15.3 Å². The van der Waals surface area contributed by atoms with Crippen molar-refractivity contribution in [3.05, 3.63) is 0 Å². The van der Waals surface area contributed by atoms with Crippen LogP contribution in [0.3, 0.4) is 0 Å². The Labute approximate surface area is 94.4 Å². The van der Waals surface area contributed by atoms with E-state index in [4.69, 9.17) is 0 Å². The normalized spacial score (nSPS) is 28.0. The molecule has 0 bridgehead atoms. The Morgan fingerprint density at radius 3 is 2.60 bits per heavy atom. The van der Waals surface area contributed by atoms with Crippen LogP contribution in [0.2, 0.25) is 0 Å². The first-order valence-electron chi connectivity index (χ1n) is 6.76. The maximum Gasteiger partial charge on any atom is 0.0194 e. The SMILES string of the molecule is CN(CCC1CCC1)CC1CCCCN1. The summed E-state index contributed by atoms with van der Waals surface area (Å²) in [6.07, 6.45) is 10.1. The Balaban J connectivity index is 1.56. The molecule has 2 aliphatic rings. The maximum atomic E-state index is 3.62. The highest BCUT2D eigenvalue weighted by Gasteiger charge is 2.19. The molecule has 2 fully saturated rings. The summed E-state index contributed by atoms with van der Waals surface area (Å²) in [5, 5.41) is 3.62. The minimum absolute atomic E-state index is 0.769. The maximum absolute atomic E-state index is 3.62. The van der Waals surface area contributed by atoms with E-state index in [9.17, 15) is 0 Å². The van der Waals surface area contributed by atoms with E-state index in [1.807, 2.05) is 0 Å². The molecule has 1 saturated carbocycles. The average Bonchev–Trinajstić information content (AvgIpc) is 2.17. The minimum atomic E-state index is 0.769. The van der Waals surface area contributed by atoms with Crippen LogP contribution in [0.25, 0.3) is 0 Å². The fourth-order valence-electron chi connectivity index (χ4n) is 2.73. The zero-order valence-corrected chi connectivity index (χ0v) is 10.2. The van der Waals surface area contributed by atoms with E-state index in [-0.39, 0.29) is 0 Å². The lowest BCUT2D eigenvalue weighted by atomic mass is 9.83. The van der Waals surface area contributed by atoms with Crippen LogP contribution in [0, 0.1) is 5.92 Å². The summed E-state index contributed by atoms with van der Waals surface area (Å²) in [4.78, 5) is 2.53. The number of hydrogen-bond acceptors (Lipinski definition) is 2. The number of rotatable bonds is 5. The molecule has 88 valence electrons. The Morgan fingerprint density at radius 2 is 2.00 bits per heavy atom. The number of likely N-dealkylation sites (N-methyl/N-ethyl adjacent to an activating group) is 1. The lowest BCUT2D eigenvalue weighted by molar-refractivity contribution is 0.215. The van der Waals surface area contributed by atoms with Gasteiger partial charge in [0.15, 0.2) is 0 Å². The first-order chi connectivity index (χ1) is 7.34. The molecule has 2 nitrogen and oxygen atoms in total. The quantitative estimate of drug-likeness (QED) is 0.749. The molecule has 1 heterocycles. The lowest BCUT2D eigenvalue weighted by Crippen LogP contribution is -2.42. The van der Waals surface area contributed by atoms with Crippen molar-refractivity contribution >= 4 is 0 Å². The van der Waals surface area contributed by atoms with Crippen LogP contribution in [0.5, 0.6) is 0 Å². The molecule has 2 rings (SSSR count). The molecule has 15 heavy (non-hydrogen) atoms. The Bertz CT molecular complexity index is 171. The van der Waals surface area contributed by atoms with Gasteiger partial charge >= 0.3 is 0 Å².